The van der Waals surface area contributed by atoms with Gasteiger partial charge in [0.2, 0.25) is 0 Å². The lowest BCUT2D eigenvalue weighted by Gasteiger charge is -2.31. The summed E-state index contributed by atoms with van der Waals surface area (Å²) in [7, 11) is 0. The average molecular weight is 252 g/mol. The van der Waals surface area contributed by atoms with Crippen molar-refractivity contribution in [1.82, 2.24) is 9.97 Å². The van der Waals surface area contributed by atoms with Crippen molar-refractivity contribution in [1.29, 1.82) is 0 Å². The smallest absolute Gasteiger partial charge is 0.132 e. The van der Waals surface area contributed by atoms with Crippen LogP contribution in [0, 0.1) is 5.41 Å². The quantitative estimate of drug-likeness (QED) is 0.744. The first-order valence-corrected chi connectivity index (χ1v) is 6.37. The van der Waals surface area contributed by atoms with Crippen molar-refractivity contribution in [2.45, 2.75) is 46.6 Å². The second kappa shape index (κ2) is 6.00. The first kappa shape index (κ1) is 14.7. The summed E-state index contributed by atoms with van der Waals surface area (Å²) < 4.78 is 0. The summed E-state index contributed by atoms with van der Waals surface area (Å²) in [4.78, 5) is 8.55. The summed E-state index contributed by atoms with van der Waals surface area (Å²) >= 11 is 0. The Morgan fingerprint density at radius 1 is 1.39 bits per heavy atom. The van der Waals surface area contributed by atoms with Crippen molar-refractivity contribution in [2.75, 3.05) is 17.7 Å². The van der Waals surface area contributed by atoms with E-state index in [9.17, 15) is 0 Å². The summed E-state index contributed by atoms with van der Waals surface area (Å²) in [6.07, 6.45) is 1.43. The molecule has 1 unspecified atom stereocenters. The minimum atomic E-state index is 0.0365. The zero-order valence-electron chi connectivity index (χ0n) is 11.7. The molecule has 0 fully saturated rings. The minimum Gasteiger partial charge on any atom is -0.396 e. The molecule has 1 aromatic rings. The Balaban J connectivity index is 2.90. The molecule has 0 aliphatic rings. The number of hydrogen-bond donors (Lipinski definition) is 3. The predicted molar refractivity (Wildman–Crippen MR) is 74.4 cm³/mol. The molecule has 1 aromatic heterocycles. The van der Waals surface area contributed by atoms with Gasteiger partial charge in [-0.3, -0.25) is 0 Å². The molecule has 0 saturated heterocycles. The van der Waals surface area contributed by atoms with E-state index in [-0.39, 0.29) is 18.1 Å². The maximum absolute atomic E-state index is 9.14. The van der Waals surface area contributed by atoms with E-state index < -0.39 is 0 Å². The Bertz CT molecular complexity index is 387. The molecule has 0 bridgehead atoms. The number of anilines is 2. The molecule has 1 heterocycles. The molecule has 5 nitrogen and oxygen atoms in total. The van der Waals surface area contributed by atoms with Crippen molar-refractivity contribution >= 4 is 11.6 Å². The van der Waals surface area contributed by atoms with E-state index >= 15 is 0 Å². The third-order valence-electron chi connectivity index (χ3n) is 2.89. The van der Waals surface area contributed by atoms with Gasteiger partial charge >= 0.3 is 0 Å². The van der Waals surface area contributed by atoms with E-state index in [1.54, 1.807) is 6.07 Å². The highest BCUT2D eigenvalue weighted by Gasteiger charge is 2.24. The van der Waals surface area contributed by atoms with Crippen molar-refractivity contribution in [3.05, 3.63) is 11.9 Å². The third-order valence-corrected chi connectivity index (χ3v) is 2.89. The van der Waals surface area contributed by atoms with E-state index in [0.717, 1.165) is 18.1 Å². The second-order valence-corrected chi connectivity index (χ2v) is 5.52. The zero-order valence-corrected chi connectivity index (χ0v) is 11.7. The lowest BCUT2D eigenvalue weighted by atomic mass is 9.85. The van der Waals surface area contributed by atoms with Crippen LogP contribution in [0.1, 0.15) is 39.9 Å². The number of nitrogens with two attached hydrogens (primary N) is 1. The highest BCUT2D eigenvalue weighted by atomic mass is 16.3. The fourth-order valence-corrected chi connectivity index (χ4v) is 1.78. The molecule has 0 spiro atoms. The molecule has 0 radical (unpaired) electrons. The van der Waals surface area contributed by atoms with Crippen LogP contribution < -0.4 is 11.1 Å². The largest absolute Gasteiger partial charge is 0.396 e. The fraction of sp³-hybridized carbons (Fsp3) is 0.692. The molecule has 1 atom stereocenters. The Labute approximate surface area is 109 Å². The average Bonchev–Trinajstić information content (AvgIpc) is 2.26. The summed E-state index contributed by atoms with van der Waals surface area (Å²) in [6.45, 7) is 8.53. The van der Waals surface area contributed by atoms with Gasteiger partial charge in [0.05, 0.1) is 0 Å². The molecular weight excluding hydrogens is 228 g/mol. The summed E-state index contributed by atoms with van der Waals surface area (Å²) in [6, 6.07) is 1.87. The van der Waals surface area contributed by atoms with Gasteiger partial charge in [-0.2, -0.15) is 0 Å². The molecule has 4 N–H and O–H groups in total. The van der Waals surface area contributed by atoms with E-state index in [4.69, 9.17) is 10.8 Å². The van der Waals surface area contributed by atoms with E-state index in [1.807, 2.05) is 6.92 Å². The van der Waals surface area contributed by atoms with Gasteiger partial charge in [-0.05, 0) is 11.8 Å². The Morgan fingerprint density at radius 3 is 2.56 bits per heavy atom. The fourth-order valence-electron chi connectivity index (χ4n) is 1.78. The Morgan fingerprint density at radius 2 is 2.06 bits per heavy atom. The molecule has 102 valence electrons. The molecule has 1 rings (SSSR count). The second-order valence-electron chi connectivity index (χ2n) is 5.52. The zero-order chi connectivity index (χ0) is 13.8. The number of hydrogen-bond acceptors (Lipinski definition) is 5. The normalized spacial score (nSPS) is 13.4. The minimum absolute atomic E-state index is 0.0365. The summed E-state index contributed by atoms with van der Waals surface area (Å²) in [5.41, 5.74) is 5.79. The van der Waals surface area contributed by atoms with Crippen molar-refractivity contribution in [2.24, 2.45) is 5.41 Å². The van der Waals surface area contributed by atoms with Crippen LogP contribution in [0.2, 0.25) is 0 Å². The van der Waals surface area contributed by atoms with Gasteiger partial charge < -0.3 is 16.2 Å². The van der Waals surface area contributed by atoms with Crippen molar-refractivity contribution in [3.8, 4) is 0 Å². The molecule has 0 aliphatic carbocycles. The van der Waals surface area contributed by atoms with Gasteiger partial charge in [0.25, 0.3) is 0 Å². The molecule has 5 heteroatoms. The number of nitrogen functional groups attached to an aromatic ring is 1. The maximum Gasteiger partial charge on any atom is 0.132 e. The first-order chi connectivity index (χ1) is 8.36. The van der Waals surface area contributed by atoms with Crippen LogP contribution >= 0.6 is 0 Å². The molecule has 0 amide bonds. The lowest BCUT2D eigenvalue weighted by Crippen LogP contribution is -2.35. The maximum atomic E-state index is 9.14. The van der Waals surface area contributed by atoms with Crippen LogP contribution in [0.5, 0.6) is 0 Å². The lowest BCUT2D eigenvalue weighted by molar-refractivity contribution is 0.235. The van der Waals surface area contributed by atoms with Gasteiger partial charge in [-0.25, -0.2) is 9.97 Å². The van der Waals surface area contributed by atoms with Crippen LogP contribution in [0.15, 0.2) is 6.07 Å². The van der Waals surface area contributed by atoms with Crippen LogP contribution in [0.3, 0.4) is 0 Å². The first-order valence-electron chi connectivity index (χ1n) is 6.37. The standard InChI is InChI=1S/C13H24N4O/c1-5-11-16-10(14)8-12(17-11)15-9(6-7-18)13(2,3)4/h8-9,18H,5-7H2,1-4H3,(H3,14,15,16,17). The molecule has 0 aromatic carbocycles. The number of aryl methyl sites for hydroxylation is 1. The topological polar surface area (TPSA) is 84.1 Å². The van der Waals surface area contributed by atoms with Crippen LogP contribution in [0.25, 0.3) is 0 Å². The predicted octanol–water partition coefficient (Wildman–Crippen LogP) is 1.83. The number of rotatable bonds is 5. The van der Waals surface area contributed by atoms with Crippen LogP contribution in [-0.4, -0.2) is 27.7 Å². The van der Waals surface area contributed by atoms with Crippen LogP contribution in [0.4, 0.5) is 11.6 Å². The number of aromatic nitrogens is 2. The van der Waals surface area contributed by atoms with Gasteiger partial charge in [0.15, 0.2) is 0 Å². The van der Waals surface area contributed by atoms with Gasteiger partial charge in [0, 0.05) is 25.1 Å². The number of nitrogens with one attached hydrogen (secondary N) is 1. The molecule has 0 saturated carbocycles. The summed E-state index contributed by atoms with van der Waals surface area (Å²) in [5.74, 6) is 1.93. The number of aliphatic hydroxyl groups excluding tert-OH is 1. The third kappa shape index (κ3) is 4.14. The Kier molecular flexibility index (Phi) is 4.90. The van der Waals surface area contributed by atoms with Gasteiger partial charge in [0.1, 0.15) is 17.5 Å². The highest BCUT2D eigenvalue weighted by molar-refractivity contribution is 5.45. The Hall–Kier alpha value is -1.36. The number of aliphatic hydroxyl groups is 1. The van der Waals surface area contributed by atoms with Crippen molar-refractivity contribution in [3.63, 3.8) is 0 Å². The van der Waals surface area contributed by atoms with Gasteiger partial charge in [-0.15, -0.1) is 0 Å². The highest BCUT2D eigenvalue weighted by Crippen LogP contribution is 2.25. The van der Waals surface area contributed by atoms with E-state index in [2.05, 4.69) is 36.1 Å². The van der Waals surface area contributed by atoms with E-state index in [1.165, 1.54) is 0 Å². The molecular formula is C13H24N4O. The number of nitrogens with zero attached hydrogens (tertiary/aromatic N) is 2. The summed E-state index contributed by atoms with van der Waals surface area (Å²) in [5, 5.41) is 12.5. The van der Waals surface area contributed by atoms with Crippen molar-refractivity contribution < 1.29 is 5.11 Å². The van der Waals surface area contributed by atoms with E-state index in [0.29, 0.717) is 12.2 Å². The molecule has 0 aliphatic heterocycles. The molecule has 18 heavy (non-hydrogen) atoms. The van der Waals surface area contributed by atoms with Crippen LogP contribution in [-0.2, 0) is 6.42 Å². The van der Waals surface area contributed by atoms with Gasteiger partial charge in [-0.1, -0.05) is 27.7 Å². The SMILES string of the molecule is CCc1nc(N)cc(NC(CCO)C(C)(C)C)n1. The monoisotopic (exact) mass is 252 g/mol.